The van der Waals surface area contributed by atoms with Crippen molar-refractivity contribution in [3.63, 3.8) is 0 Å². The van der Waals surface area contributed by atoms with Crippen molar-refractivity contribution in [1.29, 1.82) is 0 Å². The van der Waals surface area contributed by atoms with E-state index in [-0.39, 0.29) is 43.8 Å². The van der Waals surface area contributed by atoms with Gasteiger partial charge in [-0.25, -0.2) is 4.79 Å². The molecule has 0 aliphatic carbocycles. The fraction of sp³-hybridized carbons (Fsp3) is 0.575. The zero-order valence-corrected chi connectivity index (χ0v) is 34.4. The number of hydrogen-bond donors (Lipinski definition) is 4. The molecule has 1 fully saturated rings. The zero-order valence-electron chi connectivity index (χ0n) is 34.4. The van der Waals surface area contributed by atoms with Crippen LogP contribution in [0.5, 0.6) is 0 Å². The molecule has 19 nitrogen and oxygen atoms in total. The maximum absolute atomic E-state index is 13.0. The highest BCUT2D eigenvalue weighted by molar-refractivity contribution is 6.02. The molecule has 0 unspecified atom stereocenters. The molecule has 5 amide bonds. The van der Waals surface area contributed by atoms with Gasteiger partial charge in [0.05, 0.1) is 78.4 Å². The first kappa shape index (κ1) is 48.1. The van der Waals surface area contributed by atoms with Gasteiger partial charge in [-0.3, -0.25) is 19.2 Å². The largest absolute Gasteiger partial charge is 0.459 e. The van der Waals surface area contributed by atoms with Gasteiger partial charge < -0.3 is 54.6 Å². The third kappa shape index (κ3) is 19.8. The number of carbonyl (C=O) groups excluding carboxylic acids is 5. The molecular weight excluding hydrogens is 768 g/mol. The maximum atomic E-state index is 13.0. The zero-order chi connectivity index (χ0) is 42.9. The second kappa shape index (κ2) is 26.7. The van der Waals surface area contributed by atoms with Crippen molar-refractivity contribution in [1.82, 2.24) is 15.5 Å². The molecule has 0 spiro atoms. The van der Waals surface area contributed by atoms with E-state index < -0.39 is 23.5 Å². The van der Waals surface area contributed by atoms with Gasteiger partial charge in [-0.15, -0.1) is 0 Å². The number of anilines is 2. The topological polar surface area (TPSA) is 241 Å². The summed E-state index contributed by atoms with van der Waals surface area (Å²) < 4.78 is 32.3. The Morgan fingerprint density at radius 3 is 2.03 bits per heavy atom. The molecule has 1 aliphatic rings. The lowest BCUT2D eigenvalue weighted by atomic mass is 10.1. The van der Waals surface area contributed by atoms with Crippen molar-refractivity contribution in [2.75, 3.05) is 109 Å². The van der Waals surface area contributed by atoms with Crippen LogP contribution in [-0.2, 0) is 49.2 Å². The van der Waals surface area contributed by atoms with E-state index in [1.165, 1.54) is 0 Å². The summed E-state index contributed by atoms with van der Waals surface area (Å²) in [5.41, 5.74) is 10.3. The molecule has 1 heterocycles. The van der Waals surface area contributed by atoms with Gasteiger partial charge in [0.2, 0.25) is 11.8 Å². The predicted octanol–water partition coefficient (Wildman–Crippen LogP) is 3.61. The van der Waals surface area contributed by atoms with Crippen molar-refractivity contribution in [3.05, 3.63) is 69.6 Å². The molecule has 1 aliphatic heterocycles. The molecule has 2 aromatic rings. The number of benzene rings is 2. The standard InChI is InChI=1S/C40H58N8O11/c1-29-33(38(52)42-13-16-54-18-20-56-22-24-58-25-23-57-21-19-55-17-14-44-47-41)6-5-7-34(29)46-39(53)45-32-10-8-30(9-11-32)26-35(49)48-15-12-31(28-48)37(51)43-27-36(50)59-40(2,3)4/h5-11,31H,12-28H2,1-4H3,(H,42,52)(H,43,51)(H2,45,46,53)/t31-/m0/s1. The summed E-state index contributed by atoms with van der Waals surface area (Å²) in [5.74, 6) is -1.64. The number of urea groups is 1. The summed E-state index contributed by atoms with van der Waals surface area (Å²) in [4.78, 5) is 67.5. The number of esters is 1. The number of azide groups is 1. The maximum Gasteiger partial charge on any atom is 0.325 e. The van der Waals surface area contributed by atoms with Crippen molar-refractivity contribution >= 4 is 41.1 Å². The van der Waals surface area contributed by atoms with E-state index in [9.17, 15) is 24.0 Å². The Morgan fingerprint density at radius 1 is 0.814 bits per heavy atom. The molecular formula is C40H58N8O11. The van der Waals surface area contributed by atoms with Crippen LogP contribution in [0.25, 0.3) is 10.4 Å². The van der Waals surface area contributed by atoms with Crippen LogP contribution in [0, 0.1) is 12.8 Å². The average Bonchev–Trinajstić information content (AvgIpc) is 3.70. The Labute approximate surface area is 344 Å². The number of hydrogen-bond acceptors (Lipinski definition) is 12. The van der Waals surface area contributed by atoms with Gasteiger partial charge in [-0.1, -0.05) is 23.3 Å². The minimum atomic E-state index is -0.643. The van der Waals surface area contributed by atoms with Crippen LogP contribution >= 0.6 is 0 Å². The Balaban J connectivity index is 1.26. The van der Waals surface area contributed by atoms with E-state index in [1.807, 2.05) is 0 Å². The summed E-state index contributed by atoms with van der Waals surface area (Å²) in [7, 11) is 0. The fourth-order valence-corrected chi connectivity index (χ4v) is 5.64. The molecule has 19 heteroatoms. The number of nitrogens with zero attached hydrogens (tertiary/aromatic N) is 4. The van der Waals surface area contributed by atoms with E-state index in [0.717, 1.165) is 5.56 Å². The first-order valence-corrected chi connectivity index (χ1v) is 19.6. The second-order valence-corrected chi connectivity index (χ2v) is 14.3. The highest BCUT2D eigenvalue weighted by Gasteiger charge is 2.31. The first-order chi connectivity index (χ1) is 28.4. The second-order valence-electron chi connectivity index (χ2n) is 14.3. The predicted molar refractivity (Wildman–Crippen MR) is 218 cm³/mol. The molecule has 0 aromatic heterocycles. The van der Waals surface area contributed by atoms with Gasteiger partial charge in [-0.05, 0) is 75.0 Å². The summed E-state index contributed by atoms with van der Waals surface area (Å²) in [5, 5.41) is 14.4. The average molecular weight is 827 g/mol. The number of likely N-dealkylation sites (tertiary alicyclic amines) is 1. The Morgan fingerprint density at radius 2 is 1.42 bits per heavy atom. The Kier molecular flexibility index (Phi) is 21.7. The fourth-order valence-electron chi connectivity index (χ4n) is 5.64. The van der Waals surface area contributed by atoms with Crippen LogP contribution < -0.4 is 21.3 Å². The molecule has 324 valence electrons. The number of amides is 5. The lowest BCUT2D eigenvalue weighted by Gasteiger charge is -2.20. The lowest BCUT2D eigenvalue weighted by molar-refractivity contribution is -0.154. The van der Waals surface area contributed by atoms with E-state index in [2.05, 4.69) is 31.3 Å². The van der Waals surface area contributed by atoms with Crippen LogP contribution in [0.3, 0.4) is 0 Å². The molecule has 1 atom stereocenters. The Hall–Kier alpha value is -5.30. The van der Waals surface area contributed by atoms with E-state index in [0.29, 0.717) is 108 Å². The summed E-state index contributed by atoms with van der Waals surface area (Å²) >= 11 is 0. The molecule has 59 heavy (non-hydrogen) atoms. The smallest absolute Gasteiger partial charge is 0.325 e. The van der Waals surface area contributed by atoms with Crippen molar-refractivity contribution in [2.45, 2.75) is 46.1 Å². The summed E-state index contributed by atoms with van der Waals surface area (Å²) in [6, 6.07) is 11.4. The third-order valence-corrected chi connectivity index (χ3v) is 8.55. The number of nitrogens with one attached hydrogen (secondary N) is 4. The van der Waals surface area contributed by atoms with Crippen molar-refractivity contribution < 1.29 is 52.4 Å². The monoisotopic (exact) mass is 826 g/mol. The summed E-state index contributed by atoms with van der Waals surface area (Å²) in [6.45, 7) is 12.0. The minimum Gasteiger partial charge on any atom is -0.459 e. The highest BCUT2D eigenvalue weighted by Crippen LogP contribution is 2.21. The van der Waals surface area contributed by atoms with Gasteiger partial charge in [-0.2, -0.15) is 0 Å². The summed E-state index contributed by atoms with van der Waals surface area (Å²) in [6.07, 6.45) is 0.632. The van der Waals surface area contributed by atoms with Gasteiger partial charge in [0.15, 0.2) is 0 Å². The van der Waals surface area contributed by atoms with Crippen LogP contribution in [0.2, 0.25) is 0 Å². The molecule has 0 bridgehead atoms. The highest BCUT2D eigenvalue weighted by atomic mass is 16.6. The van der Waals surface area contributed by atoms with Gasteiger partial charge >= 0.3 is 12.0 Å². The molecule has 1 saturated heterocycles. The van der Waals surface area contributed by atoms with Gasteiger partial charge in [0.25, 0.3) is 5.91 Å². The normalized spacial score (nSPS) is 13.6. The van der Waals surface area contributed by atoms with Crippen molar-refractivity contribution in [2.24, 2.45) is 11.0 Å². The quantitative estimate of drug-likeness (QED) is 0.0351. The van der Waals surface area contributed by atoms with E-state index in [4.69, 9.17) is 34.0 Å². The van der Waals surface area contributed by atoms with Crippen LogP contribution in [0.4, 0.5) is 16.2 Å². The lowest BCUT2D eigenvalue weighted by Crippen LogP contribution is -2.39. The molecule has 4 N–H and O–H groups in total. The number of ether oxygens (including phenoxy) is 6. The van der Waals surface area contributed by atoms with Crippen LogP contribution in [0.1, 0.15) is 48.7 Å². The van der Waals surface area contributed by atoms with Crippen LogP contribution in [-0.4, -0.2) is 139 Å². The SMILES string of the molecule is Cc1c(NC(=O)Nc2ccc(CC(=O)N3CC[C@H](C(=O)NCC(=O)OC(C)(C)C)C3)cc2)cccc1C(=O)NCCOCCOCCOCCOCCOCCN=[N+]=[N-]. The minimum absolute atomic E-state index is 0.124. The Bertz CT molecular complexity index is 1700. The van der Waals surface area contributed by atoms with E-state index >= 15 is 0 Å². The molecule has 3 rings (SSSR count). The molecule has 0 radical (unpaired) electrons. The molecule has 2 aromatic carbocycles. The molecule has 0 saturated carbocycles. The third-order valence-electron chi connectivity index (χ3n) is 8.55. The van der Waals surface area contributed by atoms with Gasteiger partial charge in [0, 0.05) is 48.0 Å². The van der Waals surface area contributed by atoms with E-state index in [1.54, 1.807) is 75.1 Å². The van der Waals surface area contributed by atoms with Crippen LogP contribution in [0.15, 0.2) is 47.6 Å². The number of rotatable bonds is 26. The first-order valence-electron chi connectivity index (χ1n) is 19.6. The van der Waals surface area contributed by atoms with Crippen molar-refractivity contribution in [3.8, 4) is 0 Å². The van der Waals surface area contributed by atoms with Gasteiger partial charge in [0.1, 0.15) is 12.1 Å². The number of carbonyl (C=O) groups is 5.